The quantitative estimate of drug-likeness (QED) is 0.861. The summed E-state index contributed by atoms with van der Waals surface area (Å²) in [5, 5.41) is 16.7. The highest BCUT2D eigenvalue weighted by molar-refractivity contribution is 5.79. The lowest BCUT2D eigenvalue weighted by atomic mass is 9.90. The topological polar surface area (TPSA) is 99.2 Å². The van der Waals surface area contributed by atoms with E-state index in [-0.39, 0.29) is 18.4 Å². The third kappa shape index (κ3) is 3.55. The first-order valence-electron chi connectivity index (χ1n) is 8.38. The minimum atomic E-state index is -0.865. The highest BCUT2D eigenvalue weighted by Crippen LogP contribution is 2.33. The van der Waals surface area contributed by atoms with Crippen molar-refractivity contribution in [2.75, 3.05) is 13.1 Å². The third-order valence-corrected chi connectivity index (χ3v) is 5.05. The molecule has 1 aliphatic rings. The van der Waals surface area contributed by atoms with Crippen molar-refractivity contribution in [3.63, 3.8) is 0 Å². The van der Waals surface area contributed by atoms with Crippen LogP contribution in [0.5, 0.6) is 0 Å². The number of nitrogens with one attached hydrogen (secondary N) is 1. The molecule has 25 heavy (non-hydrogen) atoms. The maximum absolute atomic E-state index is 12.6. The number of pyridine rings is 1. The zero-order valence-corrected chi connectivity index (χ0v) is 14.4. The molecule has 2 atom stereocenters. The number of hydrogen-bond acceptors (Lipinski definition) is 4. The lowest BCUT2D eigenvalue weighted by Crippen LogP contribution is -2.30. The zero-order valence-electron chi connectivity index (χ0n) is 14.4. The molecule has 0 spiro atoms. The average molecular weight is 342 g/mol. The molecule has 0 aliphatic carbocycles. The van der Waals surface area contributed by atoms with Crippen LogP contribution in [0.25, 0.3) is 0 Å². The molecule has 0 aromatic carbocycles. The second-order valence-corrected chi connectivity index (χ2v) is 6.55. The number of hydrogen-bond donors (Lipinski definition) is 2. The molecule has 0 unspecified atom stereocenters. The number of nitrogens with zero attached hydrogens (tertiary/aromatic N) is 3. The number of carbonyl (C=O) groups excluding carboxylic acids is 1. The normalized spacial score (nSPS) is 20.0. The molecule has 3 rings (SSSR count). The predicted molar refractivity (Wildman–Crippen MR) is 91.1 cm³/mol. The number of aryl methyl sites for hydroxylation is 2. The average Bonchev–Trinajstić information content (AvgIpc) is 3.19. The Morgan fingerprint density at radius 1 is 1.28 bits per heavy atom. The van der Waals surface area contributed by atoms with Gasteiger partial charge in [0.25, 0.3) is 0 Å². The fraction of sp³-hybridized carbons (Fsp3) is 0.444. The number of likely N-dealkylation sites (tertiary alicyclic amines) is 1. The number of rotatable bonds is 5. The van der Waals surface area contributed by atoms with Crippen molar-refractivity contribution in [3.05, 3.63) is 47.0 Å². The molecule has 132 valence electrons. The van der Waals surface area contributed by atoms with Gasteiger partial charge in [-0.25, -0.2) is 0 Å². The molecule has 2 N–H and O–H groups in total. The van der Waals surface area contributed by atoms with E-state index in [0.717, 1.165) is 22.5 Å². The third-order valence-electron chi connectivity index (χ3n) is 5.05. The molecule has 1 saturated heterocycles. The fourth-order valence-corrected chi connectivity index (χ4v) is 3.37. The second-order valence-electron chi connectivity index (χ2n) is 6.55. The monoisotopic (exact) mass is 342 g/mol. The Morgan fingerprint density at radius 3 is 2.60 bits per heavy atom. The summed E-state index contributed by atoms with van der Waals surface area (Å²) in [7, 11) is 0. The van der Waals surface area contributed by atoms with E-state index in [9.17, 15) is 14.7 Å². The number of carboxylic acids is 1. The van der Waals surface area contributed by atoms with Gasteiger partial charge in [0, 0.05) is 49.9 Å². The summed E-state index contributed by atoms with van der Waals surface area (Å²) in [4.78, 5) is 29.8. The predicted octanol–water partition coefficient (Wildman–Crippen LogP) is 1.68. The Hall–Kier alpha value is -2.70. The van der Waals surface area contributed by atoms with Crippen LogP contribution in [0.2, 0.25) is 0 Å². The first-order valence-corrected chi connectivity index (χ1v) is 8.38. The van der Waals surface area contributed by atoms with Gasteiger partial charge in [0.15, 0.2) is 0 Å². The van der Waals surface area contributed by atoms with E-state index in [1.807, 2.05) is 26.0 Å². The van der Waals surface area contributed by atoms with E-state index in [1.165, 1.54) is 0 Å². The number of amides is 1. The number of aromatic nitrogens is 3. The van der Waals surface area contributed by atoms with Gasteiger partial charge in [0.1, 0.15) is 0 Å². The SMILES string of the molecule is Cc1[nH]nc(CCC(=O)N2C[C@H](C(=O)O)[C@@H](c3ccncc3)C2)c1C. The number of carbonyl (C=O) groups is 2. The van der Waals surface area contributed by atoms with Gasteiger partial charge < -0.3 is 10.0 Å². The van der Waals surface area contributed by atoms with Gasteiger partial charge in [-0.2, -0.15) is 5.10 Å². The first-order chi connectivity index (χ1) is 12.0. The van der Waals surface area contributed by atoms with Crippen molar-refractivity contribution in [1.82, 2.24) is 20.1 Å². The molecular formula is C18H22N4O3. The molecule has 1 amide bonds. The fourth-order valence-electron chi connectivity index (χ4n) is 3.37. The van der Waals surface area contributed by atoms with Crippen molar-refractivity contribution in [2.45, 2.75) is 32.6 Å². The zero-order chi connectivity index (χ0) is 18.0. The second kappa shape index (κ2) is 7.04. The maximum atomic E-state index is 12.6. The molecule has 2 aromatic rings. The molecule has 7 nitrogen and oxygen atoms in total. The Balaban J connectivity index is 1.67. The first kappa shape index (κ1) is 17.1. The summed E-state index contributed by atoms with van der Waals surface area (Å²) in [5.41, 5.74) is 3.89. The van der Waals surface area contributed by atoms with Gasteiger partial charge in [-0.3, -0.25) is 19.7 Å². The highest BCUT2D eigenvalue weighted by Gasteiger charge is 2.40. The van der Waals surface area contributed by atoms with E-state index in [2.05, 4.69) is 15.2 Å². The Kier molecular flexibility index (Phi) is 4.83. The van der Waals surface area contributed by atoms with E-state index in [0.29, 0.717) is 19.4 Å². The molecule has 7 heteroatoms. The summed E-state index contributed by atoms with van der Waals surface area (Å²) in [5.74, 6) is -1.67. The van der Waals surface area contributed by atoms with Crippen LogP contribution in [-0.2, 0) is 16.0 Å². The summed E-state index contributed by atoms with van der Waals surface area (Å²) < 4.78 is 0. The lowest BCUT2D eigenvalue weighted by molar-refractivity contribution is -0.141. The summed E-state index contributed by atoms with van der Waals surface area (Å²) >= 11 is 0. The van der Waals surface area contributed by atoms with Gasteiger partial charge >= 0.3 is 5.97 Å². The minimum absolute atomic E-state index is 0.0251. The van der Waals surface area contributed by atoms with Crippen LogP contribution in [0.4, 0.5) is 0 Å². The van der Waals surface area contributed by atoms with Crippen LogP contribution in [0.15, 0.2) is 24.5 Å². The smallest absolute Gasteiger partial charge is 0.308 e. The van der Waals surface area contributed by atoms with E-state index >= 15 is 0 Å². The van der Waals surface area contributed by atoms with Crippen molar-refractivity contribution in [2.24, 2.45) is 5.92 Å². The maximum Gasteiger partial charge on any atom is 0.308 e. The number of H-pyrrole nitrogens is 1. The van der Waals surface area contributed by atoms with Crippen molar-refractivity contribution >= 4 is 11.9 Å². The van der Waals surface area contributed by atoms with Crippen molar-refractivity contribution in [3.8, 4) is 0 Å². The Labute approximate surface area is 146 Å². The number of carboxylic acid groups (broad SMARTS) is 1. The molecule has 3 heterocycles. The molecule has 1 fully saturated rings. The summed E-state index contributed by atoms with van der Waals surface area (Å²) in [6, 6.07) is 3.65. The molecule has 2 aromatic heterocycles. The van der Waals surface area contributed by atoms with Gasteiger partial charge in [-0.1, -0.05) is 0 Å². The van der Waals surface area contributed by atoms with Crippen LogP contribution in [0, 0.1) is 19.8 Å². The molecule has 1 aliphatic heterocycles. The van der Waals surface area contributed by atoms with Crippen molar-refractivity contribution < 1.29 is 14.7 Å². The largest absolute Gasteiger partial charge is 0.481 e. The van der Waals surface area contributed by atoms with Crippen molar-refractivity contribution in [1.29, 1.82) is 0 Å². The number of aliphatic carboxylic acids is 1. The molecule has 0 saturated carbocycles. The Morgan fingerprint density at radius 2 is 2.00 bits per heavy atom. The summed E-state index contributed by atoms with van der Waals surface area (Å²) in [6.45, 7) is 4.61. The number of aromatic amines is 1. The highest BCUT2D eigenvalue weighted by atomic mass is 16.4. The van der Waals surface area contributed by atoms with Crippen LogP contribution in [-0.4, -0.2) is 50.2 Å². The van der Waals surface area contributed by atoms with E-state index < -0.39 is 11.9 Å². The standard InChI is InChI=1S/C18H22N4O3/c1-11-12(2)20-21-16(11)3-4-17(23)22-9-14(15(10-22)18(24)25)13-5-7-19-8-6-13/h5-8,14-15H,3-4,9-10H2,1-2H3,(H,20,21)(H,24,25)/t14-,15+/m1/s1. The molecule has 0 radical (unpaired) electrons. The van der Waals surface area contributed by atoms with E-state index in [1.54, 1.807) is 17.3 Å². The Bertz CT molecular complexity index is 772. The van der Waals surface area contributed by atoms with Gasteiger partial charge in [-0.15, -0.1) is 0 Å². The molecule has 0 bridgehead atoms. The molecular weight excluding hydrogens is 320 g/mol. The van der Waals surface area contributed by atoms with E-state index in [4.69, 9.17) is 0 Å². The van der Waals surface area contributed by atoms with Gasteiger partial charge in [-0.05, 0) is 37.1 Å². The minimum Gasteiger partial charge on any atom is -0.481 e. The summed E-state index contributed by atoms with van der Waals surface area (Å²) in [6.07, 6.45) is 4.20. The van der Waals surface area contributed by atoms with Crippen LogP contribution in [0.3, 0.4) is 0 Å². The van der Waals surface area contributed by atoms with Crippen LogP contribution < -0.4 is 0 Å². The van der Waals surface area contributed by atoms with Crippen LogP contribution >= 0.6 is 0 Å². The van der Waals surface area contributed by atoms with Gasteiger partial charge in [0.05, 0.1) is 11.6 Å². The van der Waals surface area contributed by atoms with Crippen LogP contribution in [0.1, 0.15) is 34.9 Å². The lowest BCUT2D eigenvalue weighted by Gasteiger charge is -2.16. The van der Waals surface area contributed by atoms with Gasteiger partial charge in [0.2, 0.25) is 5.91 Å².